The maximum atomic E-state index is 11.9. The van der Waals surface area contributed by atoms with Gasteiger partial charge in [0.1, 0.15) is 6.04 Å². The lowest BCUT2D eigenvalue weighted by molar-refractivity contribution is -0.139. The van der Waals surface area contributed by atoms with E-state index in [9.17, 15) is 14.4 Å². The number of amides is 2. The minimum Gasteiger partial charge on any atom is -0.480 e. The van der Waals surface area contributed by atoms with Crippen LogP contribution in [0.2, 0.25) is 0 Å². The predicted octanol–water partition coefficient (Wildman–Crippen LogP) is 1.01. The highest BCUT2D eigenvalue weighted by Crippen LogP contribution is 2.08. The third-order valence-electron chi connectivity index (χ3n) is 2.74. The lowest BCUT2D eigenvalue weighted by Crippen LogP contribution is -2.41. The fraction of sp³-hybridized carbons (Fsp3) is 0.357. The van der Waals surface area contributed by atoms with Crippen LogP contribution in [-0.4, -0.2) is 28.9 Å². The summed E-state index contributed by atoms with van der Waals surface area (Å²) in [4.78, 5) is 33.9. The number of carboxylic acid groups (broad SMARTS) is 1. The normalized spacial score (nSPS) is 11.9. The molecule has 0 spiro atoms. The fourth-order valence-corrected chi connectivity index (χ4v) is 1.72. The predicted molar refractivity (Wildman–Crippen MR) is 73.3 cm³/mol. The first-order chi connectivity index (χ1) is 9.31. The molecule has 0 radical (unpaired) electrons. The highest BCUT2D eigenvalue weighted by molar-refractivity contribution is 5.98. The molecule has 0 aliphatic rings. The summed E-state index contributed by atoms with van der Waals surface area (Å²) >= 11 is 0. The fourth-order valence-electron chi connectivity index (χ4n) is 1.72. The summed E-state index contributed by atoms with van der Waals surface area (Å²) in [7, 11) is 0. The molecule has 20 heavy (non-hydrogen) atoms. The molecule has 1 atom stereocenters. The topological polar surface area (TPSA) is 109 Å². The molecule has 1 aromatic carbocycles. The largest absolute Gasteiger partial charge is 0.480 e. The van der Waals surface area contributed by atoms with Gasteiger partial charge in [0.25, 0.3) is 5.91 Å². The summed E-state index contributed by atoms with van der Waals surface area (Å²) < 4.78 is 0. The van der Waals surface area contributed by atoms with Crippen molar-refractivity contribution in [1.82, 2.24) is 5.32 Å². The van der Waals surface area contributed by atoms with Gasteiger partial charge in [0.05, 0.1) is 0 Å². The van der Waals surface area contributed by atoms with E-state index in [1.165, 1.54) is 24.3 Å². The first kappa shape index (κ1) is 15.7. The molecule has 1 aromatic rings. The SMILES string of the molecule is CC(C)C[C@@H](NC(=O)c1ccc(C(N)=O)cc1)C(=O)O. The van der Waals surface area contributed by atoms with Gasteiger partial charge in [-0.1, -0.05) is 13.8 Å². The van der Waals surface area contributed by atoms with Crippen LogP contribution in [-0.2, 0) is 4.79 Å². The molecule has 1 rings (SSSR count). The monoisotopic (exact) mass is 278 g/mol. The van der Waals surface area contributed by atoms with Crippen LogP contribution in [0.15, 0.2) is 24.3 Å². The Hall–Kier alpha value is -2.37. The van der Waals surface area contributed by atoms with Crippen LogP contribution in [0, 0.1) is 5.92 Å². The van der Waals surface area contributed by atoms with E-state index in [0.29, 0.717) is 12.0 Å². The van der Waals surface area contributed by atoms with Gasteiger partial charge in [-0.15, -0.1) is 0 Å². The summed E-state index contributed by atoms with van der Waals surface area (Å²) in [5, 5.41) is 11.5. The van der Waals surface area contributed by atoms with Gasteiger partial charge in [-0.25, -0.2) is 4.79 Å². The van der Waals surface area contributed by atoms with Crippen molar-refractivity contribution in [2.24, 2.45) is 11.7 Å². The van der Waals surface area contributed by atoms with Crippen LogP contribution >= 0.6 is 0 Å². The van der Waals surface area contributed by atoms with Crippen LogP contribution in [0.5, 0.6) is 0 Å². The zero-order valence-electron chi connectivity index (χ0n) is 11.4. The van der Waals surface area contributed by atoms with E-state index in [4.69, 9.17) is 10.8 Å². The summed E-state index contributed by atoms with van der Waals surface area (Å²) in [5.74, 6) is -2.00. The molecule has 0 aromatic heterocycles. The van der Waals surface area contributed by atoms with Crippen LogP contribution in [0.4, 0.5) is 0 Å². The van der Waals surface area contributed by atoms with Gasteiger partial charge in [0, 0.05) is 11.1 Å². The first-order valence-corrected chi connectivity index (χ1v) is 6.24. The zero-order chi connectivity index (χ0) is 15.3. The molecule has 6 nitrogen and oxygen atoms in total. The number of nitrogens with two attached hydrogens (primary N) is 1. The Morgan fingerprint density at radius 1 is 1.15 bits per heavy atom. The van der Waals surface area contributed by atoms with Crippen molar-refractivity contribution in [3.05, 3.63) is 35.4 Å². The van der Waals surface area contributed by atoms with Crippen molar-refractivity contribution >= 4 is 17.8 Å². The van der Waals surface area contributed by atoms with Gasteiger partial charge in [-0.05, 0) is 36.6 Å². The second kappa shape index (κ2) is 6.70. The number of carboxylic acids is 1. The molecule has 108 valence electrons. The number of nitrogens with one attached hydrogen (secondary N) is 1. The minimum atomic E-state index is -1.07. The maximum Gasteiger partial charge on any atom is 0.326 e. The lowest BCUT2D eigenvalue weighted by Gasteiger charge is -2.16. The molecule has 0 saturated carbocycles. The van der Waals surface area contributed by atoms with Gasteiger partial charge in [0.2, 0.25) is 5.91 Å². The highest BCUT2D eigenvalue weighted by atomic mass is 16.4. The zero-order valence-corrected chi connectivity index (χ0v) is 11.4. The van der Waals surface area contributed by atoms with Gasteiger partial charge in [-0.2, -0.15) is 0 Å². The summed E-state index contributed by atoms with van der Waals surface area (Å²) in [6.45, 7) is 3.76. The summed E-state index contributed by atoms with van der Waals surface area (Å²) in [6, 6.07) is 4.79. The molecule has 2 amide bonds. The molecular formula is C14H18N2O4. The van der Waals surface area contributed by atoms with E-state index in [0.717, 1.165) is 0 Å². The number of hydrogen-bond acceptors (Lipinski definition) is 3. The number of hydrogen-bond donors (Lipinski definition) is 3. The molecule has 6 heteroatoms. The molecule has 4 N–H and O–H groups in total. The van der Waals surface area contributed by atoms with Crippen molar-refractivity contribution in [2.45, 2.75) is 26.3 Å². The molecule has 0 aliphatic heterocycles. The first-order valence-electron chi connectivity index (χ1n) is 6.24. The number of rotatable bonds is 6. The average molecular weight is 278 g/mol. The number of benzene rings is 1. The lowest BCUT2D eigenvalue weighted by atomic mass is 10.0. The quantitative estimate of drug-likeness (QED) is 0.721. The smallest absolute Gasteiger partial charge is 0.326 e. The van der Waals surface area contributed by atoms with Crippen LogP contribution in [0.3, 0.4) is 0 Å². The number of primary amides is 1. The van der Waals surface area contributed by atoms with Crippen molar-refractivity contribution in [3.63, 3.8) is 0 Å². The van der Waals surface area contributed by atoms with E-state index in [1.54, 1.807) is 0 Å². The standard InChI is InChI=1S/C14H18N2O4/c1-8(2)7-11(14(19)20)16-13(18)10-5-3-9(4-6-10)12(15)17/h3-6,8,11H,7H2,1-2H3,(H2,15,17)(H,16,18)(H,19,20)/t11-/m1/s1. The Morgan fingerprint density at radius 2 is 1.65 bits per heavy atom. The Morgan fingerprint density at radius 3 is 2.05 bits per heavy atom. The van der Waals surface area contributed by atoms with E-state index in [1.807, 2.05) is 13.8 Å². The van der Waals surface area contributed by atoms with Gasteiger partial charge in [0.15, 0.2) is 0 Å². The Kier molecular flexibility index (Phi) is 5.25. The second-order valence-corrected chi connectivity index (χ2v) is 4.94. The average Bonchev–Trinajstić information content (AvgIpc) is 2.37. The summed E-state index contributed by atoms with van der Waals surface area (Å²) in [5.41, 5.74) is 5.67. The second-order valence-electron chi connectivity index (χ2n) is 4.94. The molecular weight excluding hydrogens is 260 g/mol. The number of aliphatic carboxylic acids is 1. The number of carbonyl (C=O) groups is 3. The third-order valence-corrected chi connectivity index (χ3v) is 2.74. The van der Waals surface area contributed by atoms with E-state index in [-0.39, 0.29) is 11.5 Å². The molecule has 0 unspecified atom stereocenters. The van der Waals surface area contributed by atoms with Crippen molar-refractivity contribution in [1.29, 1.82) is 0 Å². The molecule has 0 bridgehead atoms. The van der Waals surface area contributed by atoms with E-state index < -0.39 is 23.8 Å². The van der Waals surface area contributed by atoms with Gasteiger partial charge in [-0.3, -0.25) is 9.59 Å². The van der Waals surface area contributed by atoms with E-state index >= 15 is 0 Å². The van der Waals surface area contributed by atoms with Crippen molar-refractivity contribution < 1.29 is 19.5 Å². The molecule has 0 aliphatic carbocycles. The molecule has 0 heterocycles. The van der Waals surface area contributed by atoms with Crippen LogP contribution < -0.4 is 11.1 Å². The van der Waals surface area contributed by atoms with Gasteiger partial charge < -0.3 is 16.2 Å². The highest BCUT2D eigenvalue weighted by Gasteiger charge is 2.21. The number of carbonyl (C=O) groups excluding carboxylic acids is 2. The minimum absolute atomic E-state index is 0.147. The van der Waals surface area contributed by atoms with E-state index in [2.05, 4.69) is 5.32 Å². The van der Waals surface area contributed by atoms with Crippen LogP contribution in [0.25, 0.3) is 0 Å². The van der Waals surface area contributed by atoms with Crippen molar-refractivity contribution in [2.75, 3.05) is 0 Å². The molecule has 0 saturated heterocycles. The van der Waals surface area contributed by atoms with Crippen molar-refractivity contribution in [3.8, 4) is 0 Å². The van der Waals surface area contributed by atoms with Crippen LogP contribution in [0.1, 0.15) is 41.0 Å². The Balaban J connectivity index is 2.78. The Labute approximate surface area is 117 Å². The Bertz CT molecular complexity index is 508. The van der Waals surface area contributed by atoms with Gasteiger partial charge >= 0.3 is 5.97 Å². The third kappa shape index (κ3) is 4.38. The molecule has 0 fully saturated rings. The maximum absolute atomic E-state index is 11.9. The summed E-state index contributed by atoms with van der Waals surface area (Å²) in [6.07, 6.45) is 0.348.